The van der Waals surface area contributed by atoms with E-state index in [2.05, 4.69) is 47.1 Å². The van der Waals surface area contributed by atoms with Crippen molar-refractivity contribution in [3.05, 3.63) is 35.9 Å². The predicted octanol–water partition coefficient (Wildman–Crippen LogP) is 2.32. The fourth-order valence-electron chi connectivity index (χ4n) is 4.09. The van der Waals surface area contributed by atoms with E-state index in [1.165, 1.54) is 44.5 Å². The van der Waals surface area contributed by atoms with Crippen LogP contribution in [0.4, 0.5) is 0 Å². The molecule has 3 nitrogen and oxygen atoms in total. The maximum absolute atomic E-state index is 6.23. The van der Waals surface area contributed by atoms with Crippen molar-refractivity contribution in [1.82, 2.24) is 9.80 Å². The molecule has 2 aliphatic heterocycles. The molecular formula is C18H29N3. The standard InChI is InChI=1S/C18H29N3/c1-16-6-5-10-21(12-16)18(14-19)9-11-20(15-18)13-17-7-3-2-4-8-17/h2-4,7-8,16H,5-6,9-15,19H2,1H3. The van der Waals surface area contributed by atoms with Gasteiger partial charge >= 0.3 is 0 Å². The molecule has 3 heteroatoms. The van der Waals surface area contributed by atoms with Crippen molar-refractivity contribution in [2.45, 2.75) is 38.3 Å². The van der Waals surface area contributed by atoms with Crippen LogP contribution in [0.25, 0.3) is 0 Å². The SMILES string of the molecule is CC1CCCN(C2(CN)CCN(Cc3ccccc3)C2)C1. The van der Waals surface area contributed by atoms with Crippen LogP contribution in [0.5, 0.6) is 0 Å². The zero-order chi connectivity index (χ0) is 14.7. The summed E-state index contributed by atoms with van der Waals surface area (Å²) in [6.45, 7) is 9.02. The highest BCUT2D eigenvalue weighted by atomic mass is 15.3. The van der Waals surface area contributed by atoms with Crippen molar-refractivity contribution in [1.29, 1.82) is 0 Å². The van der Waals surface area contributed by atoms with Crippen LogP contribution in [0.2, 0.25) is 0 Å². The zero-order valence-electron chi connectivity index (χ0n) is 13.3. The van der Waals surface area contributed by atoms with Gasteiger partial charge in [-0.25, -0.2) is 0 Å². The van der Waals surface area contributed by atoms with Gasteiger partial charge in [-0.3, -0.25) is 9.80 Å². The summed E-state index contributed by atoms with van der Waals surface area (Å²) in [7, 11) is 0. The molecule has 21 heavy (non-hydrogen) atoms. The molecular weight excluding hydrogens is 258 g/mol. The lowest BCUT2D eigenvalue weighted by atomic mass is 9.90. The van der Waals surface area contributed by atoms with E-state index in [1.54, 1.807) is 0 Å². The Morgan fingerprint density at radius 2 is 2.05 bits per heavy atom. The predicted molar refractivity (Wildman–Crippen MR) is 88.1 cm³/mol. The van der Waals surface area contributed by atoms with Gasteiger partial charge in [0.15, 0.2) is 0 Å². The van der Waals surface area contributed by atoms with Crippen LogP contribution in [0.1, 0.15) is 31.7 Å². The molecule has 0 spiro atoms. The highest BCUT2D eigenvalue weighted by Gasteiger charge is 2.42. The van der Waals surface area contributed by atoms with E-state index in [9.17, 15) is 0 Å². The van der Waals surface area contributed by atoms with Gasteiger partial charge in [-0.1, -0.05) is 37.3 Å². The molecule has 2 atom stereocenters. The van der Waals surface area contributed by atoms with E-state index >= 15 is 0 Å². The molecule has 1 aromatic rings. The van der Waals surface area contributed by atoms with Crippen LogP contribution >= 0.6 is 0 Å². The third-order valence-corrected chi connectivity index (χ3v) is 5.37. The molecule has 0 aromatic heterocycles. The number of rotatable bonds is 4. The Kier molecular flexibility index (Phi) is 4.63. The van der Waals surface area contributed by atoms with Gasteiger partial charge in [0.05, 0.1) is 0 Å². The average Bonchev–Trinajstić information content (AvgIpc) is 2.93. The van der Waals surface area contributed by atoms with Gasteiger partial charge in [-0.2, -0.15) is 0 Å². The molecule has 116 valence electrons. The van der Waals surface area contributed by atoms with Crippen molar-refractivity contribution in [3.8, 4) is 0 Å². The van der Waals surface area contributed by atoms with Gasteiger partial charge in [-0.05, 0) is 37.3 Å². The molecule has 1 aromatic carbocycles. The van der Waals surface area contributed by atoms with E-state index in [1.807, 2.05) is 0 Å². The minimum Gasteiger partial charge on any atom is -0.329 e. The van der Waals surface area contributed by atoms with E-state index in [-0.39, 0.29) is 5.54 Å². The lowest BCUT2D eigenvalue weighted by Gasteiger charge is -2.44. The van der Waals surface area contributed by atoms with Gasteiger partial charge in [0, 0.05) is 38.3 Å². The third-order valence-electron chi connectivity index (χ3n) is 5.37. The number of nitrogens with zero attached hydrogens (tertiary/aromatic N) is 2. The summed E-state index contributed by atoms with van der Waals surface area (Å²) in [4.78, 5) is 5.29. The second-order valence-corrected chi connectivity index (χ2v) is 7.07. The van der Waals surface area contributed by atoms with Crippen molar-refractivity contribution in [2.24, 2.45) is 11.7 Å². The van der Waals surface area contributed by atoms with Crippen LogP contribution in [0.3, 0.4) is 0 Å². The first-order valence-corrected chi connectivity index (χ1v) is 8.43. The molecule has 0 aliphatic carbocycles. The number of hydrogen-bond donors (Lipinski definition) is 1. The summed E-state index contributed by atoms with van der Waals surface area (Å²) in [5.41, 5.74) is 7.87. The van der Waals surface area contributed by atoms with Crippen LogP contribution in [-0.2, 0) is 6.54 Å². The van der Waals surface area contributed by atoms with Crippen LogP contribution in [-0.4, -0.2) is 48.1 Å². The molecule has 2 unspecified atom stereocenters. The van der Waals surface area contributed by atoms with Crippen molar-refractivity contribution < 1.29 is 0 Å². The minimum atomic E-state index is 0.226. The Hall–Kier alpha value is -0.900. The maximum Gasteiger partial charge on any atom is 0.0470 e. The molecule has 0 radical (unpaired) electrons. The number of hydrogen-bond acceptors (Lipinski definition) is 3. The molecule has 3 rings (SSSR count). The number of piperidine rings is 1. The Morgan fingerprint density at radius 3 is 2.76 bits per heavy atom. The fourth-order valence-corrected chi connectivity index (χ4v) is 4.09. The highest BCUT2D eigenvalue weighted by Crippen LogP contribution is 2.32. The molecule has 0 saturated carbocycles. The molecule has 2 heterocycles. The Bertz CT molecular complexity index is 447. The monoisotopic (exact) mass is 287 g/mol. The lowest BCUT2D eigenvalue weighted by Crippen LogP contribution is -2.58. The van der Waals surface area contributed by atoms with Gasteiger partial charge in [0.2, 0.25) is 0 Å². The van der Waals surface area contributed by atoms with Gasteiger partial charge in [0.1, 0.15) is 0 Å². The number of likely N-dealkylation sites (tertiary alicyclic amines) is 2. The third kappa shape index (κ3) is 3.31. The number of benzene rings is 1. The summed E-state index contributed by atoms with van der Waals surface area (Å²) in [5, 5.41) is 0. The lowest BCUT2D eigenvalue weighted by molar-refractivity contribution is 0.0559. The van der Waals surface area contributed by atoms with Gasteiger partial charge in [-0.15, -0.1) is 0 Å². The van der Waals surface area contributed by atoms with Crippen molar-refractivity contribution in [2.75, 3.05) is 32.7 Å². The molecule has 0 amide bonds. The summed E-state index contributed by atoms with van der Waals surface area (Å²) < 4.78 is 0. The molecule has 2 N–H and O–H groups in total. The normalized spacial score (nSPS) is 31.6. The van der Waals surface area contributed by atoms with E-state index in [0.717, 1.165) is 25.6 Å². The van der Waals surface area contributed by atoms with Crippen molar-refractivity contribution in [3.63, 3.8) is 0 Å². The van der Waals surface area contributed by atoms with Crippen molar-refractivity contribution >= 4 is 0 Å². The first-order chi connectivity index (χ1) is 10.2. The molecule has 2 saturated heterocycles. The zero-order valence-corrected chi connectivity index (χ0v) is 13.3. The minimum absolute atomic E-state index is 0.226. The second-order valence-electron chi connectivity index (χ2n) is 7.07. The second kappa shape index (κ2) is 6.47. The molecule has 0 bridgehead atoms. The first-order valence-electron chi connectivity index (χ1n) is 8.43. The summed E-state index contributed by atoms with van der Waals surface area (Å²) in [5.74, 6) is 0.824. The Balaban J connectivity index is 1.65. The summed E-state index contributed by atoms with van der Waals surface area (Å²) in [6.07, 6.45) is 3.94. The Labute approximate surface area is 129 Å². The van der Waals surface area contributed by atoms with Crippen LogP contribution < -0.4 is 5.73 Å². The van der Waals surface area contributed by atoms with Crippen LogP contribution in [0.15, 0.2) is 30.3 Å². The van der Waals surface area contributed by atoms with E-state index in [0.29, 0.717) is 0 Å². The highest BCUT2D eigenvalue weighted by molar-refractivity contribution is 5.15. The quantitative estimate of drug-likeness (QED) is 0.922. The molecule has 2 fully saturated rings. The van der Waals surface area contributed by atoms with E-state index < -0.39 is 0 Å². The number of nitrogens with two attached hydrogens (primary N) is 1. The largest absolute Gasteiger partial charge is 0.329 e. The van der Waals surface area contributed by atoms with Gasteiger partial charge in [0.25, 0.3) is 0 Å². The topological polar surface area (TPSA) is 32.5 Å². The maximum atomic E-state index is 6.23. The van der Waals surface area contributed by atoms with E-state index in [4.69, 9.17) is 5.73 Å². The van der Waals surface area contributed by atoms with Crippen LogP contribution in [0, 0.1) is 5.92 Å². The first kappa shape index (κ1) is 15.0. The summed E-state index contributed by atoms with van der Waals surface area (Å²) in [6, 6.07) is 10.8. The average molecular weight is 287 g/mol. The fraction of sp³-hybridized carbons (Fsp3) is 0.667. The smallest absolute Gasteiger partial charge is 0.0470 e. The van der Waals surface area contributed by atoms with Gasteiger partial charge < -0.3 is 5.73 Å². The Morgan fingerprint density at radius 1 is 1.24 bits per heavy atom. The summed E-state index contributed by atoms with van der Waals surface area (Å²) >= 11 is 0. The molecule has 2 aliphatic rings.